The van der Waals surface area contributed by atoms with Gasteiger partial charge in [-0.25, -0.2) is 9.37 Å². The molecule has 0 fully saturated rings. The highest BCUT2D eigenvalue weighted by Crippen LogP contribution is 2.30. The summed E-state index contributed by atoms with van der Waals surface area (Å²) in [5.74, 6) is -0.206. The standard InChI is InChI=1S/C21H23FN4O2/c1-12(2)28-21-18(15-5-7-17(22)8-6-15)10-16(11-23-21)20(27)24-14(4)19-9-13(3)25-26-19/h5-12,14H,1-4H3,(H,24,27)(H,25,26)/t14-/m1/s1. The summed E-state index contributed by atoms with van der Waals surface area (Å²) in [5.41, 5.74) is 3.41. The molecule has 0 bridgehead atoms. The summed E-state index contributed by atoms with van der Waals surface area (Å²) in [6, 6.07) is 9.35. The van der Waals surface area contributed by atoms with Gasteiger partial charge in [0.2, 0.25) is 5.88 Å². The molecule has 1 amide bonds. The number of nitrogens with one attached hydrogen (secondary N) is 2. The maximum atomic E-state index is 13.3. The lowest BCUT2D eigenvalue weighted by atomic mass is 10.0. The van der Waals surface area contributed by atoms with Gasteiger partial charge in [0.15, 0.2) is 0 Å². The van der Waals surface area contributed by atoms with E-state index in [-0.39, 0.29) is 23.9 Å². The van der Waals surface area contributed by atoms with Crippen LogP contribution in [0.4, 0.5) is 4.39 Å². The van der Waals surface area contributed by atoms with E-state index < -0.39 is 0 Å². The summed E-state index contributed by atoms with van der Waals surface area (Å²) in [5, 5.41) is 9.90. The summed E-state index contributed by atoms with van der Waals surface area (Å²) in [4.78, 5) is 17.0. The zero-order chi connectivity index (χ0) is 20.3. The van der Waals surface area contributed by atoms with Gasteiger partial charge in [-0.3, -0.25) is 9.89 Å². The minimum Gasteiger partial charge on any atom is -0.475 e. The van der Waals surface area contributed by atoms with Crippen LogP contribution in [0.3, 0.4) is 0 Å². The van der Waals surface area contributed by atoms with E-state index in [2.05, 4.69) is 20.5 Å². The van der Waals surface area contributed by atoms with Crippen LogP contribution in [0.5, 0.6) is 5.88 Å². The van der Waals surface area contributed by atoms with Crippen molar-refractivity contribution in [2.75, 3.05) is 0 Å². The first-order valence-electron chi connectivity index (χ1n) is 9.09. The van der Waals surface area contributed by atoms with Gasteiger partial charge < -0.3 is 10.1 Å². The van der Waals surface area contributed by atoms with E-state index in [0.29, 0.717) is 17.0 Å². The maximum Gasteiger partial charge on any atom is 0.253 e. The van der Waals surface area contributed by atoms with Gasteiger partial charge in [-0.1, -0.05) is 12.1 Å². The van der Waals surface area contributed by atoms with Gasteiger partial charge in [0.25, 0.3) is 5.91 Å². The molecule has 0 aliphatic rings. The topological polar surface area (TPSA) is 79.9 Å². The summed E-state index contributed by atoms with van der Waals surface area (Å²) in [6.07, 6.45) is 1.39. The number of hydrogen-bond donors (Lipinski definition) is 2. The molecule has 3 aromatic rings. The molecule has 0 aliphatic carbocycles. The highest BCUT2D eigenvalue weighted by molar-refractivity contribution is 5.95. The SMILES string of the molecule is Cc1cc([C@@H](C)NC(=O)c2cnc(OC(C)C)c(-c3ccc(F)cc3)c2)[nH]n1. The van der Waals surface area contributed by atoms with Gasteiger partial charge in [-0.05, 0) is 57.5 Å². The zero-order valence-electron chi connectivity index (χ0n) is 16.3. The van der Waals surface area contributed by atoms with Crippen LogP contribution in [-0.4, -0.2) is 27.2 Å². The number of halogens is 1. The number of H-pyrrole nitrogens is 1. The normalized spacial score (nSPS) is 12.1. The Balaban J connectivity index is 1.89. The number of aromatic nitrogens is 3. The van der Waals surface area contributed by atoms with E-state index in [1.165, 1.54) is 18.3 Å². The van der Waals surface area contributed by atoms with E-state index in [0.717, 1.165) is 17.0 Å². The second kappa shape index (κ2) is 8.21. The molecule has 2 heterocycles. The molecule has 1 aromatic carbocycles. The fraction of sp³-hybridized carbons (Fsp3) is 0.286. The van der Waals surface area contributed by atoms with Gasteiger partial charge >= 0.3 is 0 Å². The van der Waals surface area contributed by atoms with E-state index in [1.54, 1.807) is 18.2 Å². The molecule has 0 radical (unpaired) electrons. The van der Waals surface area contributed by atoms with Crippen molar-refractivity contribution in [3.8, 4) is 17.0 Å². The number of amides is 1. The van der Waals surface area contributed by atoms with Crippen molar-refractivity contribution in [3.05, 3.63) is 65.4 Å². The van der Waals surface area contributed by atoms with Crippen LogP contribution < -0.4 is 10.1 Å². The van der Waals surface area contributed by atoms with E-state index in [9.17, 15) is 9.18 Å². The van der Waals surface area contributed by atoms with Crippen molar-refractivity contribution in [1.82, 2.24) is 20.5 Å². The number of benzene rings is 1. The molecule has 0 spiro atoms. The summed E-state index contributed by atoms with van der Waals surface area (Å²) in [6.45, 7) is 7.53. The molecule has 6 nitrogen and oxygen atoms in total. The molecular formula is C21H23FN4O2. The van der Waals surface area contributed by atoms with Crippen molar-refractivity contribution in [3.63, 3.8) is 0 Å². The summed E-state index contributed by atoms with van der Waals surface area (Å²) < 4.78 is 19.1. The Bertz CT molecular complexity index is 967. The van der Waals surface area contributed by atoms with Crippen molar-refractivity contribution >= 4 is 5.91 Å². The third-order valence-corrected chi connectivity index (χ3v) is 4.16. The lowest BCUT2D eigenvalue weighted by molar-refractivity contribution is 0.0938. The second-order valence-electron chi connectivity index (χ2n) is 6.91. The lowest BCUT2D eigenvalue weighted by Crippen LogP contribution is -2.27. The number of aryl methyl sites for hydroxylation is 1. The minimum absolute atomic E-state index is 0.0879. The highest BCUT2D eigenvalue weighted by Gasteiger charge is 2.17. The molecule has 0 aliphatic heterocycles. The van der Waals surface area contributed by atoms with Crippen LogP contribution in [0.2, 0.25) is 0 Å². The number of nitrogens with zero attached hydrogens (tertiary/aromatic N) is 2. The molecule has 2 N–H and O–H groups in total. The largest absolute Gasteiger partial charge is 0.475 e. The molecule has 2 aromatic heterocycles. The number of carbonyl (C=O) groups excluding carboxylic acids is 1. The van der Waals surface area contributed by atoms with E-state index in [1.807, 2.05) is 33.8 Å². The van der Waals surface area contributed by atoms with Crippen LogP contribution in [0.1, 0.15) is 48.6 Å². The predicted octanol–water partition coefficient (Wildman–Crippen LogP) is 4.20. The molecule has 0 unspecified atom stereocenters. The van der Waals surface area contributed by atoms with Gasteiger partial charge in [0.05, 0.1) is 29.1 Å². The first-order valence-corrected chi connectivity index (χ1v) is 9.09. The van der Waals surface area contributed by atoms with Crippen LogP contribution >= 0.6 is 0 Å². The number of pyridine rings is 1. The van der Waals surface area contributed by atoms with Gasteiger partial charge in [0.1, 0.15) is 5.82 Å². The number of carbonyl (C=O) groups is 1. The smallest absolute Gasteiger partial charge is 0.253 e. The number of aromatic amines is 1. The first-order chi connectivity index (χ1) is 13.3. The summed E-state index contributed by atoms with van der Waals surface area (Å²) >= 11 is 0. The Morgan fingerprint density at radius 2 is 1.89 bits per heavy atom. The fourth-order valence-corrected chi connectivity index (χ4v) is 2.75. The average molecular weight is 382 g/mol. The number of rotatable bonds is 6. The molecular weight excluding hydrogens is 359 g/mol. The summed E-state index contributed by atoms with van der Waals surface area (Å²) in [7, 11) is 0. The quantitative estimate of drug-likeness (QED) is 0.670. The van der Waals surface area contributed by atoms with Crippen LogP contribution in [0, 0.1) is 12.7 Å². The Morgan fingerprint density at radius 3 is 2.50 bits per heavy atom. The van der Waals surface area contributed by atoms with Crippen molar-refractivity contribution in [2.24, 2.45) is 0 Å². The third kappa shape index (κ3) is 4.54. The molecule has 146 valence electrons. The highest BCUT2D eigenvalue weighted by atomic mass is 19.1. The Kier molecular flexibility index (Phi) is 5.73. The van der Waals surface area contributed by atoms with Crippen LogP contribution in [0.15, 0.2) is 42.6 Å². The molecule has 1 atom stereocenters. The van der Waals surface area contributed by atoms with E-state index in [4.69, 9.17) is 4.74 Å². The van der Waals surface area contributed by atoms with Crippen LogP contribution in [0.25, 0.3) is 11.1 Å². The molecule has 7 heteroatoms. The molecule has 3 rings (SSSR count). The third-order valence-electron chi connectivity index (χ3n) is 4.16. The first kappa shape index (κ1) is 19.5. The number of ether oxygens (including phenoxy) is 1. The van der Waals surface area contributed by atoms with Gasteiger partial charge in [0, 0.05) is 11.8 Å². The lowest BCUT2D eigenvalue weighted by Gasteiger charge is -2.16. The van der Waals surface area contributed by atoms with Gasteiger partial charge in [-0.2, -0.15) is 5.10 Å². The van der Waals surface area contributed by atoms with Crippen molar-refractivity contribution in [1.29, 1.82) is 0 Å². The van der Waals surface area contributed by atoms with E-state index >= 15 is 0 Å². The average Bonchev–Trinajstić information content (AvgIpc) is 3.09. The minimum atomic E-state index is -0.333. The Labute approximate surface area is 163 Å². The monoisotopic (exact) mass is 382 g/mol. The maximum absolute atomic E-state index is 13.3. The van der Waals surface area contributed by atoms with Crippen molar-refractivity contribution in [2.45, 2.75) is 39.8 Å². The van der Waals surface area contributed by atoms with Crippen molar-refractivity contribution < 1.29 is 13.9 Å². The molecule has 0 saturated carbocycles. The van der Waals surface area contributed by atoms with Gasteiger partial charge in [-0.15, -0.1) is 0 Å². The number of hydrogen-bond acceptors (Lipinski definition) is 4. The molecule has 28 heavy (non-hydrogen) atoms. The zero-order valence-corrected chi connectivity index (χ0v) is 16.3. The Hall–Kier alpha value is -3.22. The molecule has 0 saturated heterocycles. The predicted molar refractivity (Wildman–Crippen MR) is 105 cm³/mol. The second-order valence-corrected chi connectivity index (χ2v) is 6.91. The fourth-order valence-electron chi connectivity index (χ4n) is 2.75. The Morgan fingerprint density at radius 1 is 1.18 bits per heavy atom. The van der Waals surface area contributed by atoms with Crippen LogP contribution in [-0.2, 0) is 0 Å².